The first-order chi connectivity index (χ1) is 11.1. The van der Waals surface area contributed by atoms with E-state index < -0.39 is 11.6 Å². The smallest absolute Gasteiger partial charge is 0.351 e. The van der Waals surface area contributed by atoms with Crippen molar-refractivity contribution in [1.29, 1.82) is 0 Å². The van der Waals surface area contributed by atoms with Gasteiger partial charge in [0, 0.05) is 17.6 Å². The number of nitrogens with zero attached hydrogens (tertiary/aromatic N) is 1. The Kier molecular flexibility index (Phi) is 3.99. The van der Waals surface area contributed by atoms with E-state index in [0.717, 1.165) is 0 Å². The number of fused-ring (bicyclic) bond motifs is 1. The molecule has 116 valence electrons. The normalized spacial score (nSPS) is 10.5. The lowest BCUT2D eigenvalue weighted by Gasteiger charge is -2.06. The van der Waals surface area contributed by atoms with E-state index in [1.54, 1.807) is 18.2 Å². The number of rotatable bonds is 3. The SMILES string of the molecule is COc1cccc2cc(C(=O)Oc3cncc(Cl)c3)c(=O)oc12. The average Bonchev–Trinajstić information content (AvgIpc) is 2.53. The number of aromatic nitrogens is 1. The molecular weight excluding hydrogens is 322 g/mol. The number of pyridine rings is 1. The molecule has 3 aromatic rings. The highest BCUT2D eigenvalue weighted by Gasteiger charge is 2.17. The highest BCUT2D eigenvalue weighted by molar-refractivity contribution is 6.30. The maximum absolute atomic E-state index is 12.2. The molecule has 0 saturated heterocycles. The van der Waals surface area contributed by atoms with Crippen LogP contribution < -0.4 is 15.1 Å². The van der Waals surface area contributed by atoms with Crippen LogP contribution in [0.4, 0.5) is 0 Å². The van der Waals surface area contributed by atoms with Crippen LogP contribution in [0.3, 0.4) is 0 Å². The maximum atomic E-state index is 12.2. The number of methoxy groups -OCH3 is 1. The second kappa shape index (κ2) is 6.10. The van der Waals surface area contributed by atoms with Crippen molar-refractivity contribution >= 4 is 28.5 Å². The summed E-state index contributed by atoms with van der Waals surface area (Å²) in [5.41, 5.74) is -0.784. The Morgan fingerprint density at radius 2 is 2.09 bits per heavy atom. The number of para-hydroxylation sites is 1. The van der Waals surface area contributed by atoms with Crippen molar-refractivity contribution in [2.24, 2.45) is 0 Å². The molecule has 0 aliphatic rings. The third-order valence-corrected chi connectivity index (χ3v) is 3.26. The van der Waals surface area contributed by atoms with Crippen LogP contribution in [0.2, 0.25) is 5.02 Å². The molecule has 0 N–H and O–H groups in total. The topological polar surface area (TPSA) is 78.6 Å². The lowest BCUT2D eigenvalue weighted by atomic mass is 10.2. The molecule has 6 nitrogen and oxygen atoms in total. The largest absolute Gasteiger partial charge is 0.493 e. The van der Waals surface area contributed by atoms with Gasteiger partial charge in [-0.05, 0) is 12.1 Å². The minimum absolute atomic E-state index is 0.132. The quantitative estimate of drug-likeness (QED) is 0.542. The summed E-state index contributed by atoms with van der Waals surface area (Å²) >= 11 is 5.77. The van der Waals surface area contributed by atoms with Crippen molar-refractivity contribution in [3.8, 4) is 11.5 Å². The summed E-state index contributed by atoms with van der Waals surface area (Å²) < 4.78 is 15.4. The predicted molar refractivity (Wildman–Crippen MR) is 83.2 cm³/mol. The van der Waals surface area contributed by atoms with Gasteiger partial charge in [-0.25, -0.2) is 9.59 Å². The van der Waals surface area contributed by atoms with Gasteiger partial charge >= 0.3 is 11.6 Å². The van der Waals surface area contributed by atoms with Gasteiger partial charge < -0.3 is 13.9 Å². The summed E-state index contributed by atoms with van der Waals surface area (Å²) in [6.45, 7) is 0. The molecule has 2 aromatic heterocycles. The summed E-state index contributed by atoms with van der Waals surface area (Å²) in [4.78, 5) is 28.0. The van der Waals surface area contributed by atoms with Gasteiger partial charge in [0.05, 0.1) is 18.3 Å². The van der Waals surface area contributed by atoms with Crippen molar-refractivity contribution in [2.45, 2.75) is 0 Å². The lowest BCUT2D eigenvalue weighted by molar-refractivity contribution is 0.0730. The van der Waals surface area contributed by atoms with Crippen LogP contribution in [0, 0.1) is 0 Å². The fourth-order valence-electron chi connectivity index (χ4n) is 2.03. The third kappa shape index (κ3) is 3.02. The standard InChI is InChI=1S/C16H10ClNO5/c1-21-13-4-2-3-9-5-12(16(20)23-14(9)13)15(19)22-11-6-10(17)7-18-8-11/h2-8H,1H3. The molecule has 0 saturated carbocycles. The van der Waals surface area contributed by atoms with Crippen LogP contribution in [0.5, 0.6) is 11.5 Å². The number of esters is 1. The monoisotopic (exact) mass is 331 g/mol. The summed E-state index contributed by atoms with van der Waals surface area (Å²) in [6, 6.07) is 7.87. The average molecular weight is 332 g/mol. The van der Waals surface area contributed by atoms with E-state index in [1.807, 2.05) is 0 Å². The minimum Gasteiger partial charge on any atom is -0.493 e. The molecule has 23 heavy (non-hydrogen) atoms. The molecule has 0 spiro atoms. The van der Waals surface area contributed by atoms with Crippen LogP contribution in [0.25, 0.3) is 11.0 Å². The Bertz CT molecular complexity index is 951. The number of ether oxygens (including phenoxy) is 2. The molecule has 2 heterocycles. The first-order valence-electron chi connectivity index (χ1n) is 6.52. The predicted octanol–water partition coefficient (Wildman–Crippen LogP) is 3.07. The number of hydrogen-bond acceptors (Lipinski definition) is 6. The van der Waals surface area contributed by atoms with Crippen LogP contribution in [0.15, 0.2) is 51.9 Å². The zero-order valence-electron chi connectivity index (χ0n) is 11.9. The summed E-state index contributed by atoms with van der Waals surface area (Å²) in [5, 5.41) is 0.853. The fraction of sp³-hybridized carbons (Fsp3) is 0.0625. The van der Waals surface area contributed by atoms with Gasteiger partial charge in [-0.15, -0.1) is 0 Å². The maximum Gasteiger partial charge on any atom is 0.351 e. The van der Waals surface area contributed by atoms with E-state index in [0.29, 0.717) is 16.2 Å². The second-order valence-corrected chi connectivity index (χ2v) is 4.99. The molecule has 0 unspecified atom stereocenters. The van der Waals surface area contributed by atoms with Crippen molar-refractivity contribution in [3.05, 3.63) is 63.7 Å². The molecule has 0 bridgehead atoms. The van der Waals surface area contributed by atoms with E-state index in [4.69, 9.17) is 25.5 Å². The van der Waals surface area contributed by atoms with Gasteiger partial charge in [0.15, 0.2) is 17.1 Å². The number of carbonyl (C=O) groups excluding carboxylic acids is 1. The zero-order chi connectivity index (χ0) is 16.4. The van der Waals surface area contributed by atoms with Crippen LogP contribution >= 0.6 is 11.6 Å². The van der Waals surface area contributed by atoms with E-state index in [2.05, 4.69) is 4.98 Å². The minimum atomic E-state index is -0.854. The van der Waals surface area contributed by atoms with Crippen LogP contribution in [0.1, 0.15) is 10.4 Å². The Labute approximate surface area is 135 Å². The van der Waals surface area contributed by atoms with E-state index in [-0.39, 0.29) is 16.9 Å². The highest BCUT2D eigenvalue weighted by Crippen LogP contribution is 2.25. The molecule has 7 heteroatoms. The third-order valence-electron chi connectivity index (χ3n) is 3.05. The number of halogens is 1. The van der Waals surface area contributed by atoms with Gasteiger partial charge in [-0.3, -0.25) is 4.98 Å². The van der Waals surface area contributed by atoms with Crippen molar-refractivity contribution in [3.63, 3.8) is 0 Å². The van der Waals surface area contributed by atoms with Gasteiger partial charge in [-0.2, -0.15) is 0 Å². The van der Waals surface area contributed by atoms with Crippen molar-refractivity contribution < 1.29 is 18.7 Å². The molecule has 1 aromatic carbocycles. The molecule has 0 aliphatic carbocycles. The lowest BCUT2D eigenvalue weighted by Crippen LogP contribution is -2.18. The Balaban J connectivity index is 2.01. The fourth-order valence-corrected chi connectivity index (χ4v) is 2.19. The van der Waals surface area contributed by atoms with Crippen molar-refractivity contribution in [2.75, 3.05) is 7.11 Å². The summed E-state index contributed by atoms with van der Waals surface area (Å²) in [5.74, 6) is -0.321. The number of benzene rings is 1. The first-order valence-corrected chi connectivity index (χ1v) is 6.90. The van der Waals surface area contributed by atoms with Crippen LogP contribution in [-0.2, 0) is 0 Å². The molecular formula is C16H10ClNO5. The zero-order valence-corrected chi connectivity index (χ0v) is 12.7. The van der Waals surface area contributed by atoms with E-state index in [1.165, 1.54) is 31.6 Å². The summed E-state index contributed by atoms with van der Waals surface area (Å²) in [7, 11) is 1.46. The number of hydrogen-bond donors (Lipinski definition) is 0. The first kappa shape index (κ1) is 15.1. The molecule has 0 fully saturated rings. The van der Waals surface area contributed by atoms with Crippen LogP contribution in [-0.4, -0.2) is 18.1 Å². The molecule has 0 radical (unpaired) electrons. The molecule has 0 atom stereocenters. The van der Waals surface area contributed by atoms with Gasteiger partial charge in [-0.1, -0.05) is 23.7 Å². The van der Waals surface area contributed by atoms with Gasteiger partial charge in [0.1, 0.15) is 5.56 Å². The van der Waals surface area contributed by atoms with Gasteiger partial charge in [0.25, 0.3) is 0 Å². The van der Waals surface area contributed by atoms with Crippen molar-refractivity contribution in [1.82, 2.24) is 4.98 Å². The number of carbonyl (C=O) groups is 1. The van der Waals surface area contributed by atoms with E-state index in [9.17, 15) is 9.59 Å². The Morgan fingerprint density at radius 3 is 2.83 bits per heavy atom. The molecule has 3 rings (SSSR count). The summed E-state index contributed by atoms with van der Waals surface area (Å²) in [6.07, 6.45) is 2.71. The second-order valence-electron chi connectivity index (χ2n) is 4.55. The Hall–Kier alpha value is -2.86. The molecule has 0 amide bonds. The molecule has 0 aliphatic heterocycles. The van der Waals surface area contributed by atoms with E-state index >= 15 is 0 Å². The Morgan fingerprint density at radius 1 is 1.26 bits per heavy atom. The highest BCUT2D eigenvalue weighted by atomic mass is 35.5. The van der Waals surface area contributed by atoms with Gasteiger partial charge in [0.2, 0.25) is 0 Å².